The van der Waals surface area contributed by atoms with Crippen molar-refractivity contribution in [1.82, 2.24) is 0 Å². The van der Waals surface area contributed by atoms with E-state index in [1.54, 1.807) is 0 Å². The van der Waals surface area contributed by atoms with E-state index in [-0.39, 0.29) is 22.4 Å². The maximum atomic E-state index is 11.6. The number of ether oxygens (including phenoxy) is 1. The summed E-state index contributed by atoms with van der Waals surface area (Å²) in [6.45, 7) is 10.8. The summed E-state index contributed by atoms with van der Waals surface area (Å²) in [5.41, 5.74) is 0.871. The van der Waals surface area contributed by atoms with Crippen LogP contribution in [0.4, 0.5) is 0 Å². The lowest BCUT2D eigenvalue weighted by Gasteiger charge is -2.44. The largest absolute Gasteiger partial charge is 0.455 e. The van der Waals surface area contributed by atoms with Crippen LogP contribution in [-0.4, -0.2) is 11.6 Å². The standard InChI is InChI=1S/C14H20O2/c1-9-7-14(16-11(9)15)8-10-5-6-13(14,4)12(10,2)3/h10H,1,5-8H2,2-4H3. The molecule has 2 aliphatic carbocycles. The van der Waals surface area contributed by atoms with Crippen LogP contribution in [0.2, 0.25) is 0 Å². The van der Waals surface area contributed by atoms with Crippen molar-refractivity contribution in [3.63, 3.8) is 0 Å². The summed E-state index contributed by atoms with van der Waals surface area (Å²) >= 11 is 0. The summed E-state index contributed by atoms with van der Waals surface area (Å²) in [5.74, 6) is 0.542. The number of fused-ring (bicyclic) bond motifs is 3. The average molecular weight is 220 g/mol. The third-order valence-electron chi connectivity index (χ3n) is 6.09. The van der Waals surface area contributed by atoms with Crippen LogP contribution in [0.5, 0.6) is 0 Å². The molecule has 2 heteroatoms. The van der Waals surface area contributed by atoms with E-state index in [2.05, 4.69) is 27.4 Å². The minimum Gasteiger partial charge on any atom is -0.455 e. The number of carbonyl (C=O) groups excluding carboxylic acids is 1. The Morgan fingerprint density at radius 1 is 1.38 bits per heavy atom. The van der Waals surface area contributed by atoms with Crippen LogP contribution in [0.1, 0.15) is 46.5 Å². The predicted molar refractivity (Wildman–Crippen MR) is 61.8 cm³/mol. The summed E-state index contributed by atoms with van der Waals surface area (Å²) in [4.78, 5) is 11.6. The van der Waals surface area contributed by atoms with Gasteiger partial charge in [-0.05, 0) is 30.6 Å². The van der Waals surface area contributed by atoms with Gasteiger partial charge >= 0.3 is 5.97 Å². The zero-order valence-electron chi connectivity index (χ0n) is 10.4. The molecule has 2 nitrogen and oxygen atoms in total. The monoisotopic (exact) mass is 220 g/mol. The second kappa shape index (κ2) is 2.55. The van der Waals surface area contributed by atoms with Gasteiger partial charge < -0.3 is 4.74 Å². The lowest BCUT2D eigenvalue weighted by molar-refractivity contribution is -0.161. The van der Waals surface area contributed by atoms with Gasteiger partial charge in [-0.15, -0.1) is 0 Å². The predicted octanol–water partition coefficient (Wildman–Crippen LogP) is 3.07. The molecule has 2 saturated carbocycles. The Balaban J connectivity index is 2.08. The molecule has 3 unspecified atom stereocenters. The fraction of sp³-hybridized carbons (Fsp3) is 0.786. The molecule has 0 N–H and O–H groups in total. The molecule has 1 spiro atoms. The number of hydrogen-bond donors (Lipinski definition) is 0. The Kier molecular flexibility index (Phi) is 1.65. The van der Waals surface area contributed by atoms with E-state index in [0.717, 1.165) is 12.8 Å². The molecule has 2 bridgehead atoms. The van der Waals surface area contributed by atoms with Gasteiger partial charge in [0.1, 0.15) is 5.60 Å². The van der Waals surface area contributed by atoms with Gasteiger partial charge in [-0.1, -0.05) is 27.4 Å². The van der Waals surface area contributed by atoms with E-state index in [0.29, 0.717) is 11.5 Å². The minimum atomic E-state index is -0.229. The van der Waals surface area contributed by atoms with Crippen molar-refractivity contribution in [2.45, 2.75) is 52.1 Å². The Morgan fingerprint density at radius 2 is 2.06 bits per heavy atom. The van der Waals surface area contributed by atoms with Gasteiger partial charge in [0.05, 0.1) is 0 Å². The highest BCUT2D eigenvalue weighted by molar-refractivity contribution is 5.90. The number of rotatable bonds is 0. The Labute approximate surface area is 97.1 Å². The summed E-state index contributed by atoms with van der Waals surface area (Å²) < 4.78 is 5.76. The van der Waals surface area contributed by atoms with Gasteiger partial charge in [0, 0.05) is 17.4 Å². The molecule has 1 aliphatic heterocycles. The van der Waals surface area contributed by atoms with Gasteiger partial charge in [-0.2, -0.15) is 0 Å². The lowest BCUT2D eigenvalue weighted by Crippen LogP contribution is -2.46. The number of hydrogen-bond acceptors (Lipinski definition) is 2. The lowest BCUT2D eigenvalue weighted by atomic mass is 9.63. The first kappa shape index (κ1) is 10.4. The van der Waals surface area contributed by atoms with Crippen LogP contribution in [-0.2, 0) is 9.53 Å². The zero-order chi connectivity index (χ0) is 11.8. The van der Waals surface area contributed by atoms with E-state index in [1.807, 2.05) is 0 Å². The third kappa shape index (κ3) is 0.847. The van der Waals surface area contributed by atoms with Crippen LogP contribution in [0.3, 0.4) is 0 Å². The van der Waals surface area contributed by atoms with Gasteiger partial charge in [-0.3, -0.25) is 0 Å². The fourth-order valence-electron chi connectivity index (χ4n) is 4.52. The molecular weight excluding hydrogens is 200 g/mol. The molecule has 0 amide bonds. The van der Waals surface area contributed by atoms with Crippen molar-refractivity contribution in [2.75, 3.05) is 0 Å². The van der Waals surface area contributed by atoms with Gasteiger partial charge in [0.2, 0.25) is 0 Å². The van der Waals surface area contributed by atoms with Crippen molar-refractivity contribution < 1.29 is 9.53 Å². The third-order valence-corrected chi connectivity index (χ3v) is 6.09. The van der Waals surface area contributed by atoms with E-state index in [1.165, 1.54) is 12.8 Å². The average Bonchev–Trinajstić information content (AvgIpc) is 2.63. The van der Waals surface area contributed by atoms with Crippen LogP contribution >= 0.6 is 0 Å². The molecule has 88 valence electrons. The molecule has 0 aromatic rings. The van der Waals surface area contributed by atoms with Crippen LogP contribution in [0.15, 0.2) is 12.2 Å². The van der Waals surface area contributed by atoms with Crippen molar-refractivity contribution in [1.29, 1.82) is 0 Å². The summed E-state index contributed by atoms with van der Waals surface area (Å²) in [7, 11) is 0. The summed E-state index contributed by atoms with van der Waals surface area (Å²) in [6, 6.07) is 0. The first-order valence-corrected chi connectivity index (χ1v) is 6.24. The minimum absolute atomic E-state index is 0.139. The molecule has 16 heavy (non-hydrogen) atoms. The Hall–Kier alpha value is -0.790. The van der Waals surface area contributed by atoms with Crippen LogP contribution < -0.4 is 0 Å². The molecule has 1 saturated heterocycles. The van der Waals surface area contributed by atoms with E-state index >= 15 is 0 Å². The first-order chi connectivity index (χ1) is 7.32. The van der Waals surface area contributed by atoms with E-state index < -0.39 is 0 Å². The molecule has 3 fully saturated rings. The second-order valence-electron chi connectivity index (χ2n) is 6.66. The second-order valence-corrected chi connectivity index (χ2v) is 6.66. The smallest absolute Gasteiger partial charge is 0.334 e. The maximum absolute atomic E-state index is 11.6. The molecule has 1 heterocycles. The maximum Gasteiger partial charge on any atom is 0.334 e. The number of esters is 1. The van der Waals surface area contributed by atoms with Crippen LogP contribution in [0, 0.1) is 16.7 Å². The molecule has 0 aromatic heterocycles. The first-order valence-electron chi connectivity index (χ1n) is 6.24. The normalized spacial score (nSPS) is 49.1. The summed E-state index contributed by atoms with van der Waals surface area (Å²) in [6.07, 6.45) is 4.27. The van der Waals surface area contributed by atoms with Crippen molar-refractivity contribution in [2.24, 2.45) is 16.7 Å². The quantitative estimate of drug-likeness (QED) is 0.463. The topological polar surface area (TPSA) is 26.3 Å². The van der Waals surface area contributed by atoms with Gasteiger partial charge in [0.15, 0.2) is 0 Å². The number of carbonyl (C=O) groups is 1. The SMILES string of the molecule is C=C1CC2(CC3CCC2(C)C3(C)C)OC1=O. The Morgan fingerprint density at radius 3 is 2.44 bits per heavy atom. The molecule has 3 rings (SSSR count). The van der Waals surface area contributed by atoms with Crippen molar-refractivity contribution in [3.05, 3.63) is 12.2 Å². The molecule has 3 aliphatic rings. The highest BCUT2D eigenvalue weighted by Crippen LogP contribution is 2.73. The van der Waals surface area contributed by atoms with Crippen molar-refractivity contribution in [3.8, 4) is 0 Å². The highest BCUT2D eigenvalue weighted by atomic mass is 16.6. The van der Waals surface area contributed by atoms with Gasteiger partial charge in [-0.25, -0.2) is 4.79 Å². The molecule has 0 radical (unpaired) electrons. The fourth-order valence-corrected chi connectivity index (χ4v) is 4.52. The summed E-state index contributed by atoms with van der Waals surface area (Å²) in [5, 5.41) is 0. The van der Waals surface area contributed by atoms with Gasteiger partial charge in [0.25, 0.3) is 0 Å². The molecular formula is C14H20O2. The van der Waals surface area contributed by atoms with Crippen molar-refractivity contribution >= 4 is 5.97 Å². The zero-order valence-corrected chi connectivity index (χ0v) is 10.4. The molecule has 3 atom stereocenters. The van der Waals surface area contributed by atoms with E-state index in [9.17, 15) is 4.79 Å². The van der Waals surface area contributed by atoms with Crippen LogP contribution in [0.25, 0.3) is 0 Å². The molecule has 0 aromatic carbocycles. The Bertz CT molecular complexity index is 378. The van der Waals surface area contributed by atoms with E-state index in [4.69, 9.17) is 4.74 Å². The highest BCUT2D eigenvalue weighted by Gasteiger charge is 2.72.